The van der Waals surface area contributed by atoms with Crippen LogP contribution in [0, 0.1) is 12.7 Å². The standard InChI is InChI=1S/C15H15FN2O2/c1-9-4-5-20-14(9)8-17-13-7-12-10(6-11(13)16)2-3-15(19)18-12/h4-7,17H,2-3,8H2,1H3,(H,18,19). The molecule has 0 bridgehead atoms. The van der Waals surface area contributed by atoms with Crippen molar-refractivity contribution in [3.63, 3.8) is 0 Å². The van der Waals surface area contributed by atoms with Gasteiger partial charge in [-0.15, -0.1) is 0 Å². The molecule has 0 fully saturated rings. The SMILES string of the molecule is Cc1ccoc1CNc1cc2c(cc1F)CCC(=O)N2. The zero-order valence-electron chi connectivity index (χ0n) is 11.1. The van der Waals surface area contributed by atoms with Gasteiger partial charge in [0.05, 0.1) is 18.5 Å². The molecule has 1 aliphatic rings. The Morgan fingerprint density at radius 2 is 2.25 bits per heavy atom. The summed E-state index contributed by atoms with van der Waals surface area (Å²) in [5.41, 5.74) is 2.90. The topological polar surface area (TPSA) is 54.3 Å². The summed E-state index contributed by atoms with van der Waals surface area (Å²) in [6.45, 7) is 2.34. The van der Waals surface area contributed by atoms with E-state index in [0.717, 1.165) is 16.9 Å². The first-order valence-corrected chi connectivity index (χ1v) is 6.52. The largest absolute Gasteiger partial charge is 0.467 e. The summed E-state index contributed by atoms with van der Waals surface area (Å²) in [5.74, 6) is 0.423. The molecule has 2 heterocycles. The Morgan fingerprint density at radius 1 is 1.40 bits per heavy atom. The lowest BCUT2D eigenvalue weighted by molar-refractivity contribution is -0.116. The minimum atomic E-state index is -0.316. The highest BCUT2D eigenvalue weighted by molar-refractivity contribution is 5.94. The molecule has 2 N–H and O–H groups in total. The van der Waals surface area contributed by atoms with Gasteiger partial charge in [0.15, 0.2) is 0 Å². The molecule has 0 radical (unpaired) electrons. The van der Waals surface area contributed by atoms with Crippen molar-refractivity contribution in [2.45, 2.75) is 26.3 Å². The minimum Gasteiger partial charge on any atom is -0.467 e. The zero-order valence-corrected chi connectivity index (χ0v) is 11.1. The van der Waals surface area contributed by atoms with Crippen molar-refractivity contribution in [2.75, 3.05) is 10.6 Å². The van der Waals surface area contributed by atoms with E-state index >= 15 is 0 Å². The molecule has 0 saturated carbocycles. The number of aryl methyl sites for hydroxylation is 2. The van der Waals surface area contributed by atoms with Gasteiger partial charge in [0.25, 0.3) is 0 Å². The molecule has 0 saturated heterocycles. The van der Waals surface area contributed by atoms with E-state index in [4.69, 9.17) is 4.42 Å². The summed E-state index contributed by atoms with van der Waals surface area (Å²) in [6, 6.07) is 4.98. The third-order valence-electron chi connectivity index (χ3n) is 3.50. The molecule has 2 aromatic rings. The second-order valence-electron chi connectivity index (χ2n) is 4.92. The van der Waals surface area contributed by atoms with Crippen LogP contribution in [0.3, 0.4) is 0 Å². The van der Waals surface area contributed by atoms with Crippen molar-refractivity contribution in [1.29, 1.82) is 0 Å². The molecule has 4 nitrogen and oxygen atoms in total. The lowest BCUT2D eigenvalue weighted by atomic mass is 10.0. The molecule has 1 aromatic carbocycles. The fourth-order valence-corrected chi connectivity index (χ4v) is 2.29. The zero-order chi connectivity index (χ0) is 14.1. The number of fused-ring (bicyclic) bond motifs is 1. The quantitative estimate of drug-likeness (QED) is 0.903. The van der Waals surface area contributed by atoms with E-state index in [-0.39, 0.29) is 11.7 Å². The Bertz CT molecular complexity index is 664. The highest BCUT2D eigenvalue weighted by Crippen LogP contribution is 2.29. The van der Waals surface area contributed by atoms with Crippen molar-refractivity contribution < 1.29 is 13.6 Å². The van der Waals surface area contributed by atoms with Crippen LogP contribution in [-0.2, 0) is 17.8 Å². The number of hydrogen-bond acceptors (Lipinski definition) is 3. The summed E-state index contributed by atoms with van der Waals surface area (Å²) >= 11 is 0. The fraction of sp³-hybridized carbons (Fsp3) is 0.267. The normalized spacial score (nSPS) is 13.8. The molecule has 104 valence electrons. The molecule has 0 unspecified atom stereocenters. The molecular weight excluding hydrogens is 259 g/mol. The Kier molecular flexibility index (Phi) is 3.18. The van der Waals surface area contributed by atoms with Gasteiger partial charge in [-0.3, -0.25) is 4.79 Å². The third-order valence-corrected chi connectivity index (χ3v) is 3.50. The van der Waals surface area contributed by atoms with E-state index in [1.807, 2.05) is 13.0 Å². The van der Waals surface area contributed by atoms with Crippen molar-refractivity contribution in [2.24, 2.45) is 0 Å². The predicted octanol–water partition coefficient (Wildman–Crippen LogP) is 3.22. The van der Waals surface area contributed by atoms with Crippen molar-refractivity contribution in [3.8, 4) is 0 Å². The number of halogens is 1. The number of hydrogen-bond donors (Lipinski definition) is 2. The number of benzene rings is 1. The van der Waals surface area contributed by atoms with E-state index in [2.05, 4.69) is 10.6 Å². The van der Waals surface area contributed by atoms with Crippen LogP contribution in [0.1, 0.15) is 23.3 Å². The maximum Gasteiger partial charge on any atom is 0.224 e. The van der Waals surface area contributed by atoms with Gasteiger partial charge in [-0.2, -0.15) is 0 Å². The molecule has 1 aliphatic heterocycles. The van der Waals surface area contributed by atoms with Crippen LogP contribution in [0.2, 0.25) is 0 Å². The third kappa shape index (κ3) is 2.39. The lowest BCUT2D eigenvalue weighted by Crippen LogP contribution is -2.19. The van der Waals surface area contributed by atoms with Gasteiger partial charge >= 0.3 is 0 Å². The second-order valence-corrected chi connectivity index (χ2v) is 4.92. The fourth-order valence-electron chi connectivity index (χ4n) is 2.29. The van der Waals surface area contributed by atoms with Crippen molar-refractivity contribution >= 4 is 17.3 Å². The van der Waals surface area contributed by atoms with Crippen LogP contribution in [0.5, 0.6) is 0 Å². The van der Waals surface area contributed by atoms with Crippen LogP contribution in [-0.4, -0.2) is 5.91 Å². The van der Waals surface area contributed by atoms with Crippen LogP contribution in [0.15, 0.2) is 28.9 Å². The van der Waals surface area contributed by atoms with Crippen LogP contribution in [0.25, 0.3) is 0 Å². The number of rotatable bonds is 3. The van der Waals surface area contributed by atoms with E-state index < -0.39 is 0 Å². The number of amides is 1. The highest BCUT2D eigenvalue weighted by Gasteiger charge is 2.17. The maximum absolute atomic E-state index is 14.0. The summed E-state index contributed by atoms with van der Waals surface area (Å²) in [5, 5.41) is 5.76. The monoisotopic (exact) mass is 274 g/mol. The smallest absolute Gasteiger partial charge is 0.224 e. The Morgan fingerprint density at radius 3 is 3.00 bits per heavy atom. The van der Waals surface area contributed by atoms with Crippen molar-refractivity contribution in [3.05, 3.63) is 47.2 Å². The number of carbonyl (C=O) groups excluding carboxylic acids is 1. The first kappa shape index (κ1) is 12.7. The van der Waals surface area contributed by atoms with Gasteiger partial charge in [-0.05, 0) is 42.7 Å². The molecule has 1 amide bonds. The molecular formula is C15H15FN2O2. The maximum atomic E-state index is 14.0. The van der Waals surface area contributed by atoms with E-state index in [0.29, 0.717) is 30.8 Å². The van der Waals surface area contributed by atoms with Gasteiger partial charge in [0.1, 0.15) is 11.6 Å². The molecule has 1 aromatic heterocycles. The summed E-state index contributed by atoms with van der Waals surface area (Å²) in [4.78, 5) is 11.4. The highest BCUT2D eigenvalue weighted by atomic mass is 19.1. The minimum absolute atomic E-state index is 0.0306. The number of carbonyl (C=O) groups is 1. The number of anilines is 2. The average molecular weight is 274 g/mol. The Labute approximate surface area is 116 Å². The van der Waals surface area contributed by atoms with Gasteiger partial charge in [0, 0.05) is 12.1 Å². The molecule has 0 spiro atoms. The van der Waals surface area contributed by atoms with Gasteiger partial charge in [-0.1, -0.05) is 0 Å². The van der Waals surface area contributed by atoms with Gasteiger partial charge < -0.3 is 15.1 Å². The van der Waals surface area contributed by atoms with E-state index in [1.54, 1.807) is 12.3 Å². The molecule has 20 heavy (non-hydrogen) atoms. The molecule has 3 rings (SSSR count). The van der Waals surface area contributed by atoms with Crippen LogP contribution in [0.4, 0.5) is 15.8 Å². The van der Waals surface area contributed by atoms with E-state index in [9.17, 15) is 9.18 Å². The summed E-state index contributed by atoms with van der Waals surface area (Å²) < 4.78 is 19.3. The lowest BCUT2D eigenvalue weighted by Gasteiger charge is -2.18. The van der Waals surface area contributed by atoms with Crippen molar-refractivity contribution in [1.82, 2.24) is 0 Å². The Hall–Kier alpha value is -2.30. The molecule has 0 aliphatic carbocycles. The van der Waals surface area contributed by atoms with Gasteiger partial charge in [0.2, 0.25) is 5.91 Å². The number of furan rings is 1. The summed E-state index contributed by atoms with van der Waals surface area (Å²) in [7, 11) is 0. The van der Waals surface area contributed by atoms with Crippen LogP contribution < -0.4 is 10.6 Å². The van der Waals surface area contributed by atoms with Gasteiger partial charge in [-0.25, -0.2) is 4.39 Å². The average Bonchev–Trinajstić information content (AvgIpc) is 2.82. The summed E-state index contributed by atoms with van der Waals surface area (Å²) in [6.07, 6.45) is 2.59. The number of nitrogens with one attached hydrogen (secondary N) is 2. The first-order chi connectivity index (χ1) is 9.63. The first-order valence-electron chi connectivity index (χ1n) is 6.52. The Balaban J connectivity index is 1.81. The molecule has 5 heteroatoms. The molecule has 0 atom stereocenters. The second kappa shape index (κ2) is 5.00. The van der Waals surface area contributed by atoms with E-state index in [1.165, 1.54) is 6.07 Å². The van der Waals surface area contributed by atoms with Crippen LogP contribution >= 0.6 is 0 Å². The predicted molar refractivity (Wildman–Crippen MR) is 74.1 cm³/mol.